The smallest absolute Gasteiger partial charge is 0.313 e. The van der Waals surface area contributed by atoms with Crippen LogP contribution in [0.1, 0.15) is 63.0 Å². The number of esters is 1. The lowest BCUT2D eigenvalue weighted by molar-refractivity contribution is -0.169. The average molecular weight is 539 g/mol. The van der Waals surface area contributed by atoms with Gasteiger partial charge in [-0.1, -0.05) is 18.2 Å². The zero-order valence-electron chi connectivity index (χ0n) is 22.9. The number of aromatic nitrogens is 1. The molecule has 3 heterocycles. The van der Waals surface area contributed by atoms with Crippen molar-refractivity contribution in [3.05, 3.63) is 53.4 Å². The van der Waals surface area contributed by atoms with Crippen LogP contribution in [0, 0.1) is 18.3 Å². The number of benzene rings is 1. The number of ether oxygens (including phenoxy) is 2. The van der Waals surface area contributed by atoms with E-state index in [1.807, 2.05) is 38.1 Å². The topological polar surface area (TPSA) is 98.9 Å². The lowest BCUT2D eigenvalue weighted by Gasteiger charge is -2.39. The highest BCUT2D eigenvalue weighted by Gasteiger charge is 2.54. The van der Waals surface area contributed by atoms with E-state index in [1.165, 1.54) is 23.8 Å². The summed E-state index contributed by atoms with van der Waals surface area (Å²) in [4.78, 5) is 47.9. The maximum atomic E-state index is 14.1. The van der Waals surface area contributed by atoms with E-state index in [-0.39, 0.29) is 0 Å². The molecule has 0 aliphatic carbocycles. The van der Waals surface area contributed by atoms with E-state index in [9.17, 15) is 14.4 Å². The maximum absolute atomic E-state index is 14.1. The average Bonchev–Trinajstić information content (AvgIpc) is 3.47. The number of oxazole rings is 1. The lowest BCUT2D eigenvalue weighted by atomic mass is 9.72. The fourth-order valence-corrected chi connectivity index (χ4v) is 5.93. The van der Waals surface area contributed by atoms with Gasteiger partial charge >= 0.3 is 5.97 Å². The Balaban J connectivity index is 1.79. The molecule has 0 spiro atoms. The summed E-state index contributed by atoms with van der Waals surface area (Å²) in [5.41, 5.74) is -0.112. The molecule has 202 valence electrons. The van der Waals surface area contributed by atoms with Crippen LogP contribution in [0.25, 0.3) is 10.8 Å². The Morgan fingerprint density at radius 1 is 1.16 bits per heavy atom. The number of carbonyl (C=O) groups excluding carboxylic acids is 3. The van der Waals surface area contributed by atoms with Gasteiger partial charge in [0.2, 0.25) is 11.8 Å². The molecule has 8 nitrogen and oxygen atoms in total. The second-order valence-corrected chi connectivity index (χ2v) is 11.9. The van der Waals surface area contributed by atoms with Crippen molar-refractivity contribution in [3.8, 4) is 16.5 Å². The van der Waals surface area contributed by atoms with Gasteiger partial charge in [0.15, 0.2) is 5.78 Å². The van der Waals surface area contributed by atoms with E-state index in [0.717, 1.165) is 11.3 Å². The molecule has 38 heavy (non-hydrogen) atoms. The molecule has 3 aromatic rings. The first-order valence-electron chi connectivity index (χ1n) is 12.7. The van der Waals surface area contributed by atoms with Crippen LogP contribution in [0.4, 0.5) is 5.00 Å². The SMILES string of the molecule is CCOc1ccccc1CCN1C(=O)C(C(C)(C)C(=O)OC(C)(C)C)C(=O)c2c1sc(-c1ncco1)c2C. The molecule has 0 fully saturated rings. The van der Waals surface area contributed by atoms with Crippen molar-refractivity contribution in [2.45, 2.75) is 60.5 Å². The Morgan fingerprint density at radius 2 is 1.87 bits per heavy atom. The Labute approximate surface area is 227 Å². The second-order valence-electron chi connectivity index (χ2n) is 10.9. The summed E-state index contributed by atoms with van der Waals surface area (Å²) in [6, 6.07) is 7.69. The predicted molar refractivity (Wildman–Crippen MR) is 146 cm³/mol. The summed E-state index contributed by atoms with van der Waals surface area (Å²) in [6.45, 7) is 13.1. The summed E-state index contributed by atoms with van der Waals surface area (Å²) >= 11 is 1.30. The number of anilines is 1. The maximum Gasteiger partial charge on any atom is 0.313 e. The van der Waals surface area contributed by atoms with Crippen LogP contribution < -0.4 is 9.64 Å². The number of rotatable bonds is 8. The number of fused-ring (bicyclic) bond motifs is 1. The van der Waals surface area contributed by atoms with Crippen molar-refractivity contribution >= 4 is 34.0 Å². The fourth-order valence-electron chi connectivity index (χ4n) is 4.65. The van der Waals surface area contributed by atoms with Crippen LogP contribution in [0.3, 0.4) is 0 Å². The van der Waals surface area contributed by atoms with Gasteiger partial charge in [0.25, 0.3) is 0 Å². The monoisotopic (exact) mass is 538 g/mol. The van der Waals surface area contributed by atoms with Gasteiger partial charge in [0.05, 0.1) is 28.7 Å². The molecular weight excluding hydrogens is 504 g/mol. The Hall–Kier alpha value is -3.46. The highest BCUT2D eigenvalue weighted by atomic mass is 32.1. The number of amides is 1. The van der Waals surface area contributed by atoms with E-state index in [1.54, 1.807) is 39.5 Å². The van der Waals surface area contributed by atoms with E-state index < -0.39 is 34.6 Å². The van der Waals surface area contributed by atoms with Gasteiger partial charge < -0.3 is 18.8 Å². The summed E-state index contributed by atoms with van der Waals surface area (Å²) in [6.07, 6.45) is 3.51. The van der Waals surface area contributed by atoms with Crippen LogP contribution in [-0.4, -0.2) is 41.4 Å². The third-order valence-corrected chi connectivity index (χ3v) is 7.85. The minimum atomic E-state index is -1.39. The summed E-state index contributed by atoms with van der Waals surface area (Å²) < 4.78 is 16.9. The molecule has 0 radical (unpaired) electrons. The third-order valence-electron chi connectivity index (χ3n) is 6.55. The van der Waals surface area contributed by atoms with Crippen LogP contribution >= 0.6 is 11.3 Å². The van der Waals surface area contributed by atoms with Crippen LogP contribution in [0.2, 0.25) is 0 Å². The van der Waals surface area contributed by atoms with E-state index >= 15 is 0 Å². The number of para-hydroxylation sites is 1. The van der Waals surface area contributed by atoms with Gasteiger partial charge in [0.1, 0.15) is 28.5 Å². The molecule has 1 unspecified atom stereocenters. The number of carbonyl (C=O) groups is 3. The number of Topliss-reactive ketones (excluding diaryl/α,β-unsaturated/α-hetero) is 1. The number of nitrogens with zero attached hydrogens (tertiary/aromatic N) is 2. The van der Waals surface area contributed by atoms with Crippen LogP contribution in [-0.2, 0) is 20.7 Å². The predicted octanol–water partition coefficient (Wildman–Crippen LogP) is 5.87. The van der Waals surface area contributed by atoms with Crippen LogP contribution in [0.5, 0.6) is 5.75 Å². The van der Waals surface area contributed by atoms with Crippen molar-refractivity contribution in [1.29, 1.82) is 0 Å². The molecule has 0 saturated carbocycles. The van der Waals surface area contributed by atoms with E-state index in [2.05, 4.69) is 4.98 Å². The quantitative estimate of drug-likeness (QED) is 0.261. The highest BCUT2D eigenvalue weighted by molar-refractivity contribution is 7.20. The molecule has 2 aromatic heterocycles. The first kappa shape index (κ1) is 27.6. The van der Waals surface area contributed by atoms with Gasteiger partial charge in [-0.15, -0.1) is 11.3 Å². The van der Waals surface area contributed by atoms with E-state index in [0.29, 0.717) is 46.5 Å². The molecule has 9 heteroatoms. The zero-order chi connectivity index (χ0) is 27.8. The van der Waals surface area contributed by atoms with Crippen molar-refractivity contribution in [2.75, 3.05) is 18.1 Å². The third kappa shape index (κ3) is 5.12. The fraction of sp³-hybridized carbons (Fsp3) is 0.448. The Morgan fingerprint density at radius 3 is 2.50 bits per heavy atom. The molecule has 1 aliphatic heterocycles. The number of hydrogen-bond donors (Lipinski definition) is 0. The molecule has 1 aromatic carbocycles. The molecule has 0 bridgehead atoms. The molecule has 0 N–H and O–H groups in total. The summed E-state index contributed by atoms with van der Waals surface area (Å²) in [7, 11) is 0. The standard InChI is InChI=1S/C29H34N2O6S/c1-8-35-19-12-10-9-11-18(19)13-15-31-25(33)21(29(6,7)27(34)37-28(3,4)5)22(32)20-17(2)23(38-26(20)31)24-30-14-16-36-24/h9-12,14,16,21H,8,13,15H2,1-7H3. The number of hydrogen-bond acceptors (Lipinski definition) is 8. The van der Waals surface area contributed by atoms with Gasteiger partial charge in [-0.05, 0) is 72.1 Å². The van der Waals surface area contributed by atoms with Gasteiger partial charge in [-0.3, -0.25) is 14.4 Å². The van der Waals surface area contributed by atoms with Crippen LogP contribution in [0.15, 0.2) is 41.1 Å². The van der Waals surface area contributed by atoms with Gasteiger partial charge in [-0.2, -0.15) is 0 Å². The largest absolute Gasteiger partial charge is 0.494 e. The molecule has 0 saturated heterocycles. The summed E-state index contributed by atoms with van der Waals surface area (Å²) in [5, 5.41) is 0.538. The van der Waals surface area contributed by atoms with Crippen molar-refractivity contribution in [2.24, 2.45) is 11.3 Å². The van der Waals surface area contributed by atoms with Gasteiger partial charge in [-0.25, -0.2) is 4.98 Å². The molecular formula is C29H34N2O6S. The lowest BCUT2D eigenvalue weighted by Crippen LogP contribution is -2.53. The summed E-state index contributed by atoms with van der Waals surface area (Å²) in [5.74, 6) is -1.51. The Kier molecular flexibility index (Phi) is 7.52. The minimum Gasteiger partial charge on any atom is -0.494 e. The van der Waals surface area contributed by atoms with E-state index in [4.69, 9.17) is 13.9 Å². The Bertz CT molecular complexity index is 1350. The molecule has 1 aliphatic rings. The highest BCUT2D eigenvalue weighted by Crippen LogP contribution is 2.48. The van der Waals surface area contributed by atoms with Gasteiger partial charge in [0, 0.05) is 6.54 Å². The number of ketones is 1. The zero-order valence-corrected chi connectivity index (χ0v) is 23.7. The molecule has 4 rings (SSSR count). The number of thiophene rings is 1. The second kappa shape index (κ2) is 10.4. The van der Waals surface area contributed by atoms with Crippen molar-refractivity contribution in [1.82, 2.24) is 4.98 Å². The first-order valence-corrected chi connectivity index (χ1v) is 13.5. The minimum absolute atomic E-state index is 0.301. The van der Waals surface area contributed by atoms with Crippen molar-refractivity contribution in [3.63, 3.8) is 0 Å². The molecule has 1 amide bonds. The molecule has 1 atom stereocenters. The normalized spacial score (nSPS) is 16.0. The first-order chi connectivity index (χ1) is 17.9. The van der Waals surface area contributed by atoms with Crippen molar-refractivity contribution < 1.29 is 28.3 Å².